The second-order valence-electron chi connectivity index (χ2n) is 4.56. The molecule has 0 aliphatic rings. The fourth-order valence-electron chi connectivity index (χ4n) is 1.76. The topological polar surface area (TPSA) is 90.8 Å². The van der Waals surface area contributed by atoms with Gasteiger partial charge in [-0.1, -0.05) is 18.2 Å². The summed E-state index contributed by atoms with van der Waals surface area (Å²) in [5, 5.41) is 15.6. The summed E-state index contributed by atoms with van der Waals surface area (Å²) in [6, 6.07) is 13.5. The third-order valence-corrected chi connectivity index (χ3v) is 2.75. The van der Waals surface area contributed by atoms with Gasteiger partial charge in [-0.2, -0.15) is 5.10 Å². The maximum atomic E-state index is 10.9. The van der Waals surface area contributed by atoms with Crippen LogP contribution >= 0.6 is 0 Å². The van der Waals surface area contributed by atoms with Gasteiger partial charge in [0.25, 0.3) is 0 Å². The van der Waals surface area contributed by atoms with Crippen LogP contribution in [0.5, 0.6) is 0 Å². The summed E-state index contributed by atoms with van der Waals surface area (Å²) in [5.74, 6) is -1.11. The molecule has 0 saturated carbocycles. The summed E-state index contributed by atoms with van der Waals surface area (Å²) in [6.45, 7) is 1.45. The van der Waals surface area contributed by atoms with E-state index < -0.39 is 5.97 Å². The lowest BCUT2D eigenvalue weighted by molar-refractivity contribution is -0.114. The number of carbonyl (C=O) groups excluding carboxylic acids is 1. The number of amides is 1. The van der Waals surface area contributed by atoms with E-state index in [2.05, 4.69) is 15.8 Å². The lowest BCUT2D eigenvalue weighted by Gasteiger charge is -2.03. The maximum absolute atomic E-state index is 10.9. The van der Waals surface area contributed by atoms with Crippen LogP contribution < -0.4 is 10.7 Å². The zero-order valence-corrected chi connectivity index (χ0v) is 11.9. The molecular formula is C16H15N3O3. The molecule has 6 nitrogen and oxygen atoms in total. The van der Waals surface area contributed by atoms with E-state index in [-0.39, 0.29) is 11.5 Å². The predicted molar refractivity (Wildman–Crippen MR) is 85.4 cm³/mol. The van der Waals surface area contributed by atoms with Gasteiger partial charge in [-0.15, -0.1) is 0 Å². The molecule has 0 aliphatic carbocycles. The van der Waals surface area contributed by atoms with Gasteiger partial charge in [0.1, 0.15) is 0 Å². The predicted octanol–water partition coefficient (Wildman–Crippen LogP) is 2.79. The zero-order chi connectivity index (χ0) is 15.9. The van der Waals surface area contributed by atoms with Crippen LogP contribution in [0.4, 0.5) is 11.4 Å². The molecule has 22 heavy (non-hydrogen) atoms. The number of carboxylic acid groups (broad SMARTS) is 1. The van der Waals surface area contributed by atoms with Crippen LogP contribution in [0.2, 0.25) is 0 Å². The SMILES string of the molecule is CC(=O)Nc1ccc(C=NNc2cccc(C(=O)O)c2)cc1. The molecule has 2 aromatic carbocycles. The van der Waals surface area contributed by atoms with E-state index >= 15 is 0 Å². The van der Waals surface area contributed by atoms with Gasteiger partial charge >= 0.3 is 5.97 Å². The average Bonchev–Trinajstić information content (AvgIpc) is 2.49. The van der Waals surface area contributed by atoms with Gasteiger partial charge in [0.2, 0.25) is 5.91 Å². The van der Waals surface area contributed by atoms with E-state index in [1.54, 1.807) is 30.5 Å². The normalized spacial score (nSPS) is 10.4. The van der Waals surface area contributed by atoms with Crippen LogP contribution in [0.15, 0.2) is 53.6 Å². The minimum Gasteiger partial charge on any atom is -0.478 e. The van der Waals surface area contributed by atoms with Crippen LogP contribution in [0, 0.1) is 0 Å². The quantitative estimate of drug-likeness (QED) is 0.584. The van der Waals surface area contributed by atoms with Crippen molar-refractivity contribution in [2.24, 2.45) is 5.10 Å². The number of nitrogens with zero attached hydrogens (tertiary/aromatic N) is 1. The Morgan fingerprint density at radius 1 is 1.09 bits per heavy atom. The first kappa shape index (κ1) is 15.2. The summed E-state index contributed by atoms with van der Waals surface area (Å²) in [4.78, 5) is 21.8. The first-order valence-electron chi connectivity index (χ1n) is 6.55. The van der Waals surface area contributed by atoms with Crippen molar-refractivity contribution in [1.82, 2.24) is 0 Å². The molecule has 2 aromatic rings. The van der Waals surface area contributed by atoms with Gasteiger partial charge in [0, 0.05) is 12.6 Å². The van der Waals surface area contributed by atoms with Crippen molar-refractivity contribution in [3.8, 4) is 0 Å². The van der Waals surface area contributed by atoms with E-state index in [1.807, 2.05) is 12.1 Å². The molecule has 0 aromatic heterocycles. The Labute approximate surface area is 127 Å². The Kier molecular flexibility index (Phi) is 4.87. The summed E-state index contributed by atoms with van der Waals surface area (Å²) in [7, 11) is 0. The number of nitrogens with one attached hydrogen (secondary N) is 2. The van der Waals surface area contributed by atoms with Gasteiger partial charge in [0.15, 0.2) is 0 Å². The van der Waals surface area contributed by atoms with Gasteiger partial charge in [-0.25, -0.2) is 4.79 Å². The van der Waals surface area contributed by atoms with Crippen LogP contribution in [0.3, 0.4) is 0 Å². The summed E-state index contributed by atoms with van der Waals surface area (Å²) >= 11 is 0. The van der Waals surface area contributed by atoms with E-state index in [0.29, 0.717) is 11.4 Å². The minimum absolute atomic E-state index is 0.124. The second-order valence-corrected chi connectivity index (χ2v) is 4.56. The molecule has 3 N–H and O–H groups in total. The smallest absolute Gasteiger partial charge is 0.335 e. The van der Waals surface area contributed by atoms with Crippen LogP contribution in [-0.4, -0.2) is 23.2 Å². The molecule has 0 radical (unpaired) electrons. The highest BCUT2D eigenvalue weighted by atomic mass is 16.4. The van der Waals surface area contributed by atoms with Crippen LogP contribution in [0.25, 0.3) is 0 Å². The number of benzene rings is 2. The molecule has 0 spiro atoms. The number of aromatic carboxylic acids is 1. The van der Waals surface area contributed by atoms with Crippen molar-refractivity contribution in [2.75, 3.05) is 10.7 Å². The standard InChI is InChI=1S/C16H15N3O3/c1-11(20)18-14-7-5-12(6-8-14)10-17-19-15-4-2-3-13(9-15)16(21)22/h2-10,19H,1H3,(H,18,20)(H,21,22). The van der Waals surface area contributed by atoms with Crippen molar-refractivity contribution in [2.45, 2.75) is 6.92 Å². The molecule has 0 unspecified atom stereocenters. The maximum Gasteiger partial charge on any atom is 0.335 e. The zero-order valence-electron chi connectivity index (χ0n) is 11.9. The summed E-state index contributed by atoms with van der Waals surface area (Å²) in [5.41, 5.74) is 5.11. The molecule has 112 valence electrons. The molecule has 0 bridgehead atoms. The Bertz CT molecular complexity index is 709. The lowest BCUT2D eigenvalue weighted by Crippen LogP contribution is -2.05. The molecule has 0 saturated heterocycles. The van der Waals surface area contributed by atoms with Crippen molar-refractivity contribution < 1.29 is 14.7 Å². The van der Waals surface area contributed by atoms with Gasteiger partial charge in [-0.3, -0.25) is 10.2 Å². The highest BCUT2D eigenvalue weighted by Gasteiger charge is 2.02. The molecule has 1 amide bonds. The minimum atomic E-state index is -0.985. The number of hydrazone groups is 1. The largest absolute Gasteiger partial charge is 0.478 e. The number of rotatable bonds is 5. The van der Waals surface area contributed by atoms with Crippen molar-refractivity contribution in [3.63, 3.8) is 0 Å². The van der Waals surface area contributed by atoms with Gasteiger partial charge < -0.3 is 10.4 Å². The number of anilines is 2. The highest BCUT2D eigenvalue weighted by molar-refractivity contribution is 5.90. The van der Waals surface area contributed by atoms with E-state index in [1.165, 1.54) is 19.1 Å². The van der Waals surface area contributed by atoms with E-state index in [9.17, 15) is 9.59 Å². The average molecular weight is 297 g/mol. The van der Waals surface area contributed by atoms with Crippen molar-refractivity contribution >= 4 is 29.5 Å². The van der Waals surface area contributed by atoms with Crippen LogP contribution in [0.1, 0.15) is 22.8 Å². The number of carbonyl (C=O) groups is 2. The number of carboxylic acids is 1. The Hall–Kier alpha value is -3.15. The fraction of sp³-hybridized carbons (Fsp3) is 0.0625. The highest BCUT2D eigenvalue weighted by Crippen LogP contribution is 2.11. The van der Waals surface area contributed by atoms with Crippen molar-refractivity contribution in [3.05, 3.63) is 59.7 Å². The molecule has 6 heteroatoms. The Balaban J connectivity index is 1.99. The van der Waals surface area contributed by atoms with Crippen molar-refractivity contribution in [1.29, 1.82) is 0 Å². The van der Waals surface area contributed by atoms with Gasteiger partial charge in [0.05, 0.1) is 17.5 Å². The number of hydrogen-bond acceptors (Lipinski definition) is 4. The first-order chi connectivity index (χ1) is 10.5. The van der Waals surface area contributed by atoms with Crippen LogP contribution in [-0.2, 0) is 4.79 Å². The second kappa shape index (κ2) is 7.03. The molecule has 0 aliphatic heterocycles. The third-order valence-electron chi connectivity index (χ3n) is 2.75. The van der Waals surface area contributed by atoms with E-state index in [4.69, 9.17) is 5.11 Å². The first-order valence-corrected chi connectivity index (χ1v) is 6.55. The van der Waals surface area contributed by atoms with E-state index in [0.717, 1.165) is 5.56 Å². The Morgan fingerprint density at radius 2 is 1.82 bits per heavy atom. The lowest BCUT2D eigenvalue weighted by atomic mass is 10.2. The Morgan fingerprint density at radius 3 is 2.45 bits per heavy atom. The fourth-order valence-corrected chi connectivity index (χ4v) is 1.76. The monoisotopic (exact) mass is 297 g/mol. The summed E-state index contributed by atoms with van der Waals surface area (Å²) in [6.07, 6.45) is 1.60. The third kappa shape index (κ3) is 4.45. The molecule has 0 heterocycles. The molecule has 0 fully saturated rings. The van der Waals surface area contributed by atoms with Gasteiger partial charge in [-0.05, 0) is 35.9 Å². The number of hydrogen-bond donors (Lipinski definition) is 3. The molecular weight excluding hydrogens is 282 g/mol. The molecule has 0 atom stereocenters. The molecule has 2 rings (SSSR count). The summed E-state index contributed by atoms with van der Waals surface area (Å²) < 4.78 is 0.